The maximum atomic E-state index is 12.7. The summed E-state index contributed by atoms with van der Waals surface area (Å²) in [7, 11) is 4.60. The largest absolute Gasteiger partial charge is 0.493 e. The highest BCUT2D eigenvalue weighted by atomic mass is 79.9. The Morgan fingerprint density at radius 3 is 2.31 bits per heavy atom. The van der Waals surface area contributed by atoms with Crippen LogP contribution in [0.2, 0.25) is 0 Å². The number of carbonyl (C=O) groups is 1. The highest BCUT2D eigenvalue weighted by Crippen LogP contribution is 2.37. The van der Waals surface area contributed by atoms with E-state index in [1.54, 1.807) is 30.3 Å². The second-order valence-corrected chi connectivity index (χ2v) is 7.49. The third kappa shape index (κ3) is 5.79. The summed E-state index contributed by atoms with van der Waals surface area (Å²) < 4.78 is 22.8. The maximum absolute atomic E-state index is 12.7. The van der Waals surface area contributed by atoms with Crippen LogP contribution in [0.5, 0.6) is 23.0 Å². The van der Waals surface area contributed by atoms with Crippen LogP contribution in [0.1, 0.15) is 21.5 Å². The lowest BCUT2D eigenvalue weighted by Crippen LogP contribution is -2.18. The Morgan fingerprint density at radius 2 is 1.66 bits per heavy atom. The van der Waals surface area contributed by atoms with Crippen LogP contribution in [0.4, 0.5) is 0 Å². The monoisotopic (exact) mass is 498 g/mol. The van der Waals surface area contributed by atoms with Crippen LogP contribution >= 0.6 is 15.9 Å². The van der Waals surface area contributed by atoms with Gasteiger partial charge in [0.15, 0.2) is 11.5 Å². The van der Waals surface area contributed by atoms with E-state index in [0.717, 1.165) is 10.0 Å². The quantitative estimate of drug-likeness (QED) is 0.338. The van der Waals surface area contributed by atoms with E-state index in [2.05, 4.69) is 26.5 Å². The summed E-state index contributed by atoms with van der Waals surface area (Å²) in [5, 5.41) is 4.06. The Bertz CT molecular complexity index is 1090. The first-order valence-electron chi connectivity index (χ1n) is 9.65. The summed E-state index contributed by atoms with van der Waals surface area (Å²) in [5.74, 6) is 1.54. The van der Waals surface area contributed by atoms with Gasteiger partial charge >= 0.3 is 0 Å². The Morgan fingerprint density at radius 1 is 0.938 bits per heavy atom. The molecule has 0 spiro atoms. The molecule has 0 saturated heterocycles. The molecule has 0 radical (unpaired) electrons. The highest BCUT2D eigenvalue weighted by molar-refractivity contribution is 9.10. The number of hydrogen-bond donors (Lipinski definition) is 1. The molecule has 0 aliphatic rings. The molecular weight excluding hydrogens is 476 g/mol. The number of benzene rings is 3. The zero-order valence-corrected chi connectivity index (χ0v) is 19.5. The normalized spacial score (nSPS) is 10.6. The first kappa shape index (κ1) is 23.1. The van der Waals surface area contributed by atoms with Crippen LogP contribution in [0.15, 0.2) is 70.2 Å². The summed E-state index contributed by atoms with van der Waals surface area (Å²) in [6.45, 7) is 0.332. The van der Waals surface area contributed by atoms with Gasteiger partial charge < -0.3 is 18.9 Å². The van der Waals surface area contributed by atoms with Crippen LogP contribution < -0.4 is 24.4 Å². The van der Waals surface area contributed by atoms with Crippen LogP contribution in [0.3, 0.4) is 0 Å². The fraction of sp³-hybridized carbons (Fsp3) is 0.167. The lowest BCUT2D eigenvalue weighted by molar-refractivity contribution is 0.0950. The molecule has 0 unspecified atom stereocenters. The number of hydrogen-bond acceptors (Lipinski definition) is 6. The second-order valence-electron chi connectivity index (χ2n) is 6.57. The van der Waals surface area contributed by atoms with Crippen LogP contribution in [-0.4, -0.2) is 33.5 Å². The number of methoxy groups -OCH3 is 3. The van der Waals surface area contributed by atoms with Crippen molar-refractivity contribution in [1.82, 2.24) is 5.43 Å². The van der Waals surface area contributed by atoms with E-state index in [9.17, 15) is 4.79 Å². The van der Waals surface area contributed by atoms with Crippen molar-refractivity contribution in [3.05, 3.63) is 81.8 Å². The van der Waals surface area contributed by atoms with E-state index in [1.807, 2.05) is 30.3 Å². The Hall–Kier alpha value is -3.52. The van der Waals surface area contributed by atoms with Gasteiger partial charge in [-0.2, -0.15) is 5.10 Å². The topological polar surface area (TPSA) is 78.4 Å². The van der Waals surface area contributed by atoms with Crippen molar-refractivity contribution in [3.8, 4) is 23.0 Å². The average molecular weight is 499 g/mol. The van der Waals surface area contributed by atoms with Gasteiger partial charge in [-0.1, -0.05) is 40.2 Å². The molecule has 0 aliphatic carbocycles. The highest BCUT2D eigenvalue weighted by Gasteiger charge is 2.14. The fourth-order valence-corrected chi connectivity index (χ4v) is 3.42. The number of para-hydroxylation sites is 1. The number of rotatable bonds is 9. The predicted molar refractivity (Wildman–Crippen MR) is 126 cm³/mol. The van der Waals surface area contributed by atoms with Gasteiger partial charge in [-0.3, -0.25) is 4.79 Å². The zero-order chi connectivity index (χ0) is 22.9. The van der Waals surface area contributed by atoms with Crippen molar-refractivity contribution in [2.24, 2.45) is 5.10 Å². The molecule has 0 saturated carbocycles. The third-order valence-electron chi connectivity index (χ3n) is 4.48. The van der Waals surface area contributed by atoms with Crippen molar-refractivity contribution in [2.75, 3.05) is 21.3 Å². The van der Waals surface area contributed by atoms with Crippen molar-refractivity contribution in [1.29, 1.82) is 0 Å². The standard InChI is InChI=1S/C24H23BrN2O5/c1-29-21-12-17(13-22(30-2)23(21)31-3)14-26-27-24(28)19-9-4-5-10-20(19)32-15-16-7-6-8-18(25)11-16/h4-14H,15H2,1-3H3,(H,27,28)/b26-14+. The van der Waals surface area contributed by atoms with Gasteiger partial charge in [0.25, 0.3) is 5.91 Å². The number of nitrogens with zero attached hydrogens (tertiary/aromatic N) is 1. The summed E-state index contributed by atoms with van der Waals surface area (Å²) >= 11 is 3.44. The lowest BCUT2D eigenvalue weighted by atomic mass is 10.2. The molecule has 0 bridgehead atoms. The molecular formula is C24H23BrN2O5. The summed E-state index contributed by atoms with van der Waals surface area (Å²) in [5.41, 5.74) is 4.56. The minimum absolute atomic E-state index is 0.332. The number of amides is 1. The number of ether oxygens (including phenoxy) is 4. The molecule has 166 valence electrons. The van der Waals surface area contributed by atoms with Crippen molar-refractivity contribution < 1.29 is 23.7 Å². The number of halogens is 1. The molecule has 0 fully saturated rings. The lowest BCUT2D eigenvalue weighted by Gasteiger charge is -2.12. The van der Waals surface area contributed by atoms with E-state index in [1.165, 1.54) is 27.5 Å². The molecule has 0 atom stereocenters. The van der Waals surface area contributed by atoms with Crippen LogP contribution in [-0.2, 0) is 6.61 Å². The zero-order valence-electron chi connectivity index (χ0n) is 17.9. The summed E-state index contributed by atoms with van der Waals surface area (Å²) in [6, 6.07) is 18.3. The smallest absolute Gasteiger partial charge is 0.275 e. The minimum Gasteiger partial charge on any atom is -0.493 e. The third-order valence-corrected chi connectivity index (χ3v) is 4.98. The fourth-order valence-electron chi connectivity index (χ4n) is 2.97. The van der Waals surface area contributed by atoms with Gasteiger partial charge in [-0.05, 0) is 42.0 Å². The predicted octanol–water partition coefficient (Wildman–Crippen LogP) is 4.82. The van der Waals surface area contributed by atoms with Gasteiger partial charge in [0.1, 0.15) is 12.4 Å². The molecule has 1 N–H and O–H groups in total. The molecule has 0 aliphatic heterocycles. The van der Waals surface area contributed by atoms with E-state index in [-0.39, 0.29) is 0 Å². The molecule has 0 aromatic heterocycles. The Balaban J connectivity index is 1.71. The molecule has 3 aromatic rings. The van der Waals surface area contributed by atoms with Gasteiger partial charge in [0.05, 0.1) is 33.1 Å². The van der Waals surface area contributed by atoms with E-state index in [0.29, 0.717) is 40.7 Å². The average Bonchev–Trinajstić information content (AvgIpc) is 2.82. The van der Waals surface area contributed by atoms with Gasteiger partial charge in [0, 0.05) is 10.0 Å². The maximum Gasteiger partial charge on any atom is 0.275 e. The minimum atomic E-state index is -0.390. The van der Waals surface area contributed by atoms with Gasteiger partial charge in [-0.15, -0.1) is 0 Å². The molecule has 3 rings (SSSR count). The molecule has 8 heteroatoms. The Kier molecular flexibility index (Phi) is 8.10. The molecule has 3 aromatic carbocycles. The SMILES string of the molecule is COc1cc(/C=N/NC(=O)c2ccccc2OCc2cccc(Br)c2)cc(OC)c1OC. The van der Waals surface area contributed by atoms with E-state index < -0.39 is 5.91 Å². The number of nitrogens with one attached hydrogen (secondary N) is 1. The number of carbonyl (C=O) groups excluding carboxylic acids is 1. The van der Waals surface area contributed by atoms with Crippen LogP contribution in [0.25, 0.3) is 0 Å². The molecule has 7 nitrogen and oxygen atoms in total. The first-order valence-corrected chi connectivity index (χ1v) is 10.4. The number of hydrazone groups is 1. The second kappa shape index (κ2) is 11.2. The molecule has 1 amide bonds. The Labute approximate surface area is 195 Å². The first-order chi connectivity index (χ1) is 15.5. The van der Waals surface area contributed by atoms with Crippen LogP contribution in [0, 0.1) is 0 Å². The van der Waals surface area contributed by atoms with Crippen molar-refractivity contribution >= 4 is 28.1 Å². The summed E-state index contributed by atoms with van der Waals surface area (Å²) in [6.07, 6.45) is 1.49. The summed E-state index contributed by atoms with van der Waals surface area (Å²) in [4.78, 5) is 12.7. The van der Waals surface area contributed by atoms with E-state index >= 15 is 0 Å². The molecule has 32 heavy (non-hydrogen) atoms. The van der Waals surface area contributed by atoms with Gasteiger partial charge in [-0.25, -0.2) is 5.43 Å². The van der Waals surface area contributed by atoms with Crippen molar-refractivity contribution in [3.63, 3.8) is 0 Å². The van der Waals surface area contributed by atoms with Gasteiger partial charge in [0.2, 0.25) is 5.75 Å². The van der Waals surface area contributed by atoms with E-state index in [4.69, 9.17) is 18.9 Å². The van der Waals surface area contributed by atoms with Crippen molar-refractivity contribution in [2.45, 2.75) is 6.61 Å². The molecule has 0 heterocycles.